The first-order chi connectivity index (χ1) is 8.06. The van der Waals surface area contributed by atoms with Crippen molar-refractivity contribution in [1.29, 1.82) is 0 Å². The molecule has 0 aliphatic heterocycles. The number of aldehydes is 1. The molecule has 0 radical (unpaired) electrons. The van der Waals surface area contributed by atoms with Crippen molar-refractivity contribution < 1.29 is 35.9 Å². The summed E-state index contributed by atoms with van der Waals surface area (Å²) in [5.74, 6) is -1.87. The number of nitrogens with one attached hydrogen (secondary N) is 1. The predicted molar refractivity (Wildman–Crippen MR) is 44.1 cm³/mol. The number of hydrogen-bond acceptors (Lipinski definition) is 3. The van der Waals surface area contributed by atoms with E-state index in [2.05, 4.69) is 4.74 Å². The lowest BCUT2D eigenvalue weighted by Gasteiger charge is -2.15. The van der Waals surface area contributed by atoms with E-state index in [1.54, 1.807) is 0 Å². The van der Waals surface area contributed by atoms with Gasteiger partial charge in [-0.25, -0.2) is 0 Å². The van der Waals surface area contributed by atoms with E-state index in [0.29, 0.717) is 0 Å². The van der Waals surface area contributed by atoms with Gasteiger partial charge in [0.05, 0.1) is 0 Å². The quantitative estimate of drug-likeness (QED) is 0.664. The van der Waals surface area contributed by atoms with E-state index in [0.717, 1.165) is 0 Å². The van der Waals surface area contributed by atoms with Crippen LogP contribution in [0.3, 0.4) is 0 Å². The molecule has 0 aliphatic rings. The fraction of sp³-hybridized carbons (Fsp3) is 0.250. The van der Waals surface area contributed by atoms with Crippen molar-refractivity contribution in [2.45, 2.75) is 12.5 Å². The number of alkyl halides is 6. The maximum absolute atomic E-state index is 12.4. The van der Waals surface area contributed by atoms with Gasteiger partial charge in [-0.1, -0.05) is 0 Å². The van der Waals surface area contributed by atoms with Gasteiger partial charge in [0.15, 0.2) is 12.0 Å². The zero-order chi connectivity index (χ0) is 14.1. The number of aromatic nitrogens is 1. The number of rotatable bonds is 2. The second kappa shape index (κ2) is 4.35. The predicted octanol–water partition coefficient (Wildman–Crippen LogP) is 2.10. The molecule has 0 atom stereocenters. The first kappa shape index (κ1) is 14.1. The minimum Gasteiger partial charge on any atom is -0.404 e. The third-order valence-corrected chi connectivity index (χ3v) is 1.72. The highest BCUT2D eigenvalue weighted by atomic mass is 19.4. The second-order valence-corrected chi connectivity index (χ2v) is 2.94. The fourth-order valence-electron chi connectivity index (χ4n) is 1.07. The summed E-state index contributed by atoms with van der Waals surface area (Å²) in [7, 11) is 0. The van der Waals surface area contributed by atoms with E-state index in [1.807, 2.05) is 0 Å². The molecular formula is C8H3F6NO3. The molecule has 0 saturated heterocycles. The number of carbonyl (C=O) groups is 1. The summed E-state index contributed by atoms with van der Waals surface area (Å²) in [6.45, 7) is 0. The van der Waals surface area contributed by atoms with Crippen molar-refractivity contribution in [1.82, 2.24) is 4.98 Å². The van der Waals surface area contributed by atoms with Gasteiger partial charge < -0.3 is 9.72 Å². The van der Waals surface area contributed by atoms with Gasteiger partial charge in [-0.05, 0) is 0 Å². The van der Waals surface area contributed by atoms with Crippen molar-refractivity contribution in [3.05, 3.63) is 27.7 Å². The van der Waals surface area contributed by atoms with Crippen LogP contribution in [0.2, 0.25) is 0 Å². The Morgan fingerprint density at radius 2 is 1.72 bits per heavy atom. The third kappa shape index (κ3) is 3.02. The van der Waals surface area contributed by atoms with Crippen LogP contribution < -0.4 is 10.3 Å². The lowest BCUT2D eigenvalue weighted by atomic mass is 10.2. The minimum atomic E-state index is -5.47. The summed E-state index contributed by atoms with van der Waals surface area (Å²) in [6, 6.07) is 0. The zero-order valence-electron chi connectivity index (χ0n) is 8.15. The number of aromatic amines is 1. The molecule has 1 N–H and O–H groups in total. The maximum atomic E-state index is 12.4. The van der Waals surface area contributed by atoms with E-state index < -0.39 is 41.3 Å². The molecule has 0 spiro atoms. The Morgan fingerprint density at radius 1 is 1.17 bits per heavy atom. The van der Waals surface area contributed by atoms with E-state index in [4.69, 9.17) is 0 Å². The van der Waals surface area contributed by atoms with Crippen LogP contribution in [-0.2, 0) is 6.18 Å². The topological polar surface area (TPSA) is 59.2 Å². The van der Waals surface area contributed by atoms with Crippen molar-refractivity contribution >= 4 is 6.29 Å². The lowest BCUT2D eigenvalue weighted by Crippen LogP contribution is -2.25. The van der Waals surface area contributed by atoms with Gasteiger partial charge in [0.2, 0.25) is 0 Å². The van der Waals surface area contributed by atoms with Crippen LogP contribution in [0.4, 0.5) is 26.3 Å². The average molecular weight is 275 g/mol. The number of carbonyl (C=O) groups excluding carboxylic acids is 1. The molecule has 0 saturated carbocycles. The van der Waals surface area contributed by atoms with Crippen molar-refractivity contribution in [3.63, 3.8) is 0 Å². The molecule has 1 rings (SSSR count). The minimum absolute atomic E-state index is 0.00356. The van der Waals surface area contributed by atoms with Gasteiger partial charge in [-0.2, -0.15) is 13.2 Å². The third-order valence-electron chi connectivity index (χ3n) is 1.72. The number of H-pyrrole nitrogens is 1. The lowest BCUT2D eigenvalue weighted by molar-refractivity contribution is -0.276. The Labute approximate surface area is 94.2 Å². The zero-order valence-corrected chi connectivity index (χ0v) is 8.15. The number of pyridine rings is 1. The van der Waals surface area contributed by atoms with E-state index in [9.17, 15) is 35.9 Å². The molecule has 0 aromatic carbocycles. The summed E-state index contributed by atoms with van der Waals surface area (Å²) >= 11 is 0. The molecule has 4 nitrogen and oxygen atoms in total. The van der Waals surface area contributed by atoms with E-state index >= 15 is 0 Å². The fourth-order valence-corrected chi connectivity index (χ4v) is 1.07. The molecule has 18 heavy (non-hydrogen) atoms. The monoisotopic (exact) mass is 275 g/mol. The summed E-state index contributed by atoms with van der Waals surface area (Å²) in [4.78, 5) is 22.8. The normalized spacial score (nSPS) is 12.3. The van der Waals surface area contributed by atoms with Gasteiger partial charge in [0.1, 0.15) is 11.1 Å². The standard InChI is InChI=1S/C8H3F6NO3/c9-7(10,11)4-1-15-6(17)3(2-16)5(4)18-8(12,13)14/h1-2H,(H,15,17). The van der Waals surface area contributed by atoms with Crippen LogP contribution in [0, 0.1) is 0 Å². The van der Waals surface area contributed by atoms with Crippen LogP contribution >= 0.6 is 0 Å². The molecule has 1 heterocycles. The Morgan fingerprint density at radius 3 is 2.11 bits per heavy atom. The van der Waals surface area contributed by atoms with Crippen LogP contribution in [0.1, 0.15) is 15.9 Å². The summed E-state index contributed by atoms with van der Waals surface area (Å²) in [5, 5.41) is 0. The Balaban J connectivity index is 3.55. The molecule has 1 aromatic heterocycles. The molecule has 0 unspecified atom stereocenters. The molecule has 0 fully saturated rings. The summed E-state index contributed by atoms with van der Waals surface area (Å²) in [6.07, 6.45) is -11.1. The van der Waals surface area contributed by atoms with E-state index in [1.165, 1.54) is 4.98 Å². The molecule has 100 valence electrons. The highest BCUT2D eigenvalue weighted by Gasteiger charge is 2.41. The van der Waals surface area contributed by atoms with Crippen molar-refractivity contribution in [2.75, 3.05) is 0 Å². The van der Waals surface area contributed by atoms with Crippen LogP contribution in [-0.4, -0.2) is 17.6 Å². The largest absolute Gasteiger partial charge is 0.573 e. The Bertz CT molecular complexity index is 515. The molecule has 1 aromatic rings. The van der Waals surface area contributed by atoms with Gasteiger partial charge in [0, 0.05) is 6.20 Å². The number of hydrogen-bond donors (Lipinski definition) is 1. The number of ether oxygens (including phenoxy) is 1. The highest BCUT2D eigenvalue weighted by Crippen LogP contribution is 2.38. The summed E-state index contributed by atoms with van der Waals surface area (Å²) in [5.41, 5.74) is -4.71. The molecule has 0 aliphatic carbocycles. The Kier molecular flexibility index (Phi) is 3.40. The van der Waals surface area contributed by atoms with Gasteiger partial charge in [-0.15, -0.1) is 13.2 Å². The maximum Gasteiger partial charge on any atom is 0.573 e. The van der Waals surface area contributed by atoms with Crippen LogP contribution in [0.15, 0.2) is 11.0 Å². The van der Waals surface area contributed by atoms with Gasteiger partial charge >= 0.3 is 12.5 Å². The highest BCUT2D eigenvalue weighted by molar-refractivity contribution is 5.79. The number of halogens is 6. The van der Waals surface area contributed by atoms with E-state index in [-0.39, 0.29) is 6.20 Å². The van der Waals surface area contributed by atoms with Gasteiger partial charge in [-0.3, -0.25) is 9.59 Å². The summed E-state index contributed by atoms with van der Waals surface area (Å²) < 4.78 is 76.1. The molecule has 0 amide bonds. The molecule has 0 bridgehead atoms. The average Bonchev–Trinajstić information content (AvgIpc) is 2.13. The van der Waals surface area contributed by atoms with Crippen LogP contribution in [0.25, 0.3) is 0 Å². The van der Waals surface area contributed by atoms with Gasteiger partial charge in [0.25, 0.3) is 5.56 Å². The first-order valence-corrected chi connectivity index (χ1v) is 4.10. The molecular weight excluding hydrogens is 272 g/mol. The van der Waals surface area contributed by atoms with Crippen molar-refractivity contribution in [3.8, 4) is 5.75 Å². The Hall–Kier alpha value is -2.00. The van der Waals surface area contributed by atoms with Crippen LogP contribution in [0.5, 0.6) is 5.75 Å². The molecule has 10 heteroatoms. The van der Waals surface area contributed by atoms with Crippen molar-refractivity contribution in [2.24, 2.45) is 0 Å². The SMILES string of the molecule is O=Cc1c(OC(F)(F)F)c(C(F)(F)F)c[nH]c1=O. The first-order valence-electron chi connectivity index (χ1n) is 4.10. The second-order valence-electron chi connectivity index (χ2n) is 2.94. The smallest absolute Gasteiger partial charge is 0.404 e.